The van der Waals surface area contributed by atoms with Gasteiger partial charge in [0.05, 0.1) is 17.6 Å². The first-order valence-corrected chi connectivity index (χ1v) is 7.59. The van der Waals surface area contributed by atoms with Gasteiger partial charge < -0.3 is 0 Å². The van der Waals surface area contributed by atoms with Crippen LogP contribution in [0.4, 0.5) is 0 Å². The second-order valence-electron chi connectivity index (χ2n) is 4.80. The molecule has 5 nitrogen and oxygen atoms in total. The Kier molecular flexibility index (Phi) is 5.57. The van der Waals surface area contributed by atoms with E-state index in [-0.39, 0.29) is 17.8 Å². The molecular weight excluding hydrogens is 360 g/mol. The Morgan fingerprint density at radius 1 is 1.13 bits per heavy atom. The van der Waals surface area contributed by atoms with Crippen LogP contribution in [0.1, 0.15) is 18.5 Å². The number of carbonyl (C=O) groups excluding carboxylic acids is 2. The van der Waals surface area contributed by atoms with Crippen molar-refractivity contribution in [3.63, 3.8) is 0 Å². The molecule has 0 aliphatic rings. The number of nitrogens with zero attached hydrogens (tertiary/aromatic N) is 2. The molecule has 0 spiro atoms. The minimum atomic E-state index is -0.0907. The molecule has 2 aromatic carbocycles. The normalized spacial score (nSPS) is 11.2. The van der Waals surface area contributed by atoms with Crippen molar-refractivity contribution >= 4 is 32.9 Å². The van der Waals surface area contributed by atoms with Crippen LogP contribution in [0.5, 0.6) is 0 Å². The van der Waals surface area contributed by atoms with Crippen LogP contribution in [0, 0.1) is 0 Å². The molecule has 0 bridgehead atoms. The fourth-order valence-electron chi connectivity index (χ4n) is 2.28. The van der Waals surface area contributed by atoms with E-state index in [1.807, 2.05) is 55.5 Å². The Morgan fingerprint density at radius 2 is 1.78 bits per heavy atom. The van der Waals surface area contributed by atoms with Gasteiger partial charge in [0.2, 0.25) is 0 Å². The Bertz CT molecular complexity index is 901. The predicted octanol–water partition coefficient (Wildman–Crippen LogP) is 3.18. The molecule has 0 N–H and O–H groups in total. The fraction of sp³-hybridized carbons (Fsp3) is 0.118. The molecule has 0 fully saturated rings. The lowest BCUT2D eigenvalue weighted by atomic mass is 10.1. The summed E-state index contributed by atoms with van der Waals surface area (Å²) in [5, 5.41) is 5.84. The van der Waals surface area contributed by atoms with Crippen LogP contribution < -0.4 is 5.56 Å². The zero-order valence-electron chi connectivity index (χ0n) is 12.3. The maximum atomic E-state index is 12.6. The first kappa shape index (κ1) is 16.8. The summed E-state index contributed by atoms with van der Waals surface area (Å²) in [4.78, 5) is 28.8. The molecule has 116 valence electrons. The van der Waals surface area contributed by atoms with Crippen LogP contribution in [0.3, 0.4) is 0 Å². The van der Waals surface area contributed by atoms with Gasteiger partial charge in [-0.25, -0.2) is 4.68 Å². The predicted molar refractivity (Wildman–Crippen MR) is 89.0 cm³/mol. The third-order valence-corrected chi connectivity index (χ3v) is 3.92. The van der Waals surface area contributed by atoms with Crippen LogP contribution in [0.25, 0.3) is 10.8 Å². The number of aromatic nitrogens is 2. The van der Waals surface area contributed by atoms with Gasteiger partial charge in [0.1, 0.15) is 0 Å². The van der Waals surface area contributed by atoms with Gasteiger partial charge in [-0.1, -0.05) is 52.3 Å². The topological polar surface area (TPSA) is 69.0 Å². The third-order valence-electron chi connectivity index (χ3n) is 3.42. The summed E-state index contributed by atoms with van der Waals surface area (Å²) >= 11 is 3.40. The molecule has 0 saturated heterocycles. The summed E-state index contributed by atoms with van der Waals surface area (Å²) in [7, 11) is 0. The van der Waals surface area contributed by atoms with E-state index in [1.54, 1.807) is 6.20 Å². The number of benzene rings is 2. The molecule has 3 rings (SSSR count). The van der Waals surface area contributed by atoms with Crippen LogP contribution in [-0.2, 0) is 9.59 Å². The Balaban J connectivity index is 0.000000595. The highest BCUT2D eigenvalue weighted by Crippen LogP contribution is 2.18. The molecule has 1 atom stereocenters. The first-order valence-electron chi connectivity index (χ1n) is 6.79. The van der Waals surface area contributed by atoms with E-state index < -0.39 is 0 Å². The number of rotatable bonds is 2. The van der Waals surface area contributed by atoms with Crippen molar-refractivity contribution in [3.05, 3.63) is 75.1 Å². The Labute approximate surface area is 140 Å². The summed E-state index contributed by atoms with van der Waals surface area (Å²) in [6, 6.07) is 15.5. The standard InChI is InChI=1S/C16H13BrN2O.CO2/c1-11(12-5-3-2-4-6-12)19-16(20)15-9-14(17)8-7-13(15)10-18-19;2-1-3/h2-11H,1H3;. The summed E-state index contributed by atoms with van der Waals surface area (Å²) in [6.45, 7) is 1.98. The van der Waals surface area contributed by atoms with Gasteiger partial charge in [0.25, 0.3) is 5.56 Å². The van der Waals surface area contributed by atoms with E-state index in [9.17, 15) is 4.79 Å². The lowest BCUT2D eigenvalue weighted by Crippen LogP contribution is -2.26. The van der Waals surface area contributed by atoms with Crippen molar-refractivity contribution in [3.8, 4) is 0 Å². The van der Waals surface area contributed by atoms with Gasteiger partial charge in [0.15, 0.2) is 0 Å². The smallest absolute Gasteiger partial charge is 0.267 e. The quantitative estimate of drug-likeness (QED) is 0.692. The van der Waals surface area contributed by atoms with Crippen LogP contribution in [0.15, 0.2) is 64.0 Å². The van der Waals surface area contributed by atoms with E-state index in [2.05, 4.69) is 21.0 Å². The van der Waals surface area contributed by atoms with E-state index in [0.29, 0.717) is 5.39 Å². The molecule has 0 aliphatic heterocycles. The molecule has 0 aliphatic carbocycles. The van der Waals surface area contributed by atoms with Crippen LogP contribution in [-0.4, -0.2) is 15.9 Å². The minimum Gasteiger partial charge on any atom is -0.267 e. The number of halogens is 1. The molecule has 1 aromatic heterocycles. The van der Waals surface area contributed by atoms with Crippen molar-refractivity contribution in [2.24, 2.45) is 0 Å². The zero-order valence-corrected chi connectivity index (χ0v) is 13.9. The monoisotopic (exact) mass is 372 g/mol. The van der Waals surface area contributed by atoms with E-state index in [0.717, 1.165) is 15.4 Å². The first-order chi connectivity index (χ1) is 11.1. The number of fused-ring (bicyclic) bond motifs is 1. The molecule has 1 heterocycles. The van der Waals surface area contributed by atoms with Gasteiger partial charge in [0, 0.05) is 9.86 Å². The highest BCUT2D eigenvalue weighted by atomic mass is 79.9. The third kappa shape index (κ3) is 3.80. The van der Waals surface area contributed by atoms with E-state index >= 15 is 0 Å². The van der Waals surface area contributed by atoms with Gasteiger partial charge >= 0.3 is 6.15 Å². The van der Waals surface area contributed by atoms with Gasteiger partial charge in [-0.3, -0.25) is 4.79 Å². The highest BCUT2D eigenvalue weighted by molar-refractivity contribution is 9.10. The number of hydrogen-bond donors (Lipinski definition) is 0. The van der Waals surface area contributed by atoms with Gasteiger partial charge in [-0.2, -0.15) is 14.7 Å². The lowest BCUT2D eigenvalue weighted by Gasteiger charge is -2.14. The van der Waals surface area contributed by atoms with Gasteiger partial charge in [-0.05, 0) is 24.6 Å². The van der Waals surface area contributed by atoms with Crippen LogP contribution in [0.2, 0.25) is 0 Å². The van der Waals surface area contributed by atoms with Crippen molar-refractivity contribution in [1.82, 2.24) is 9.78 Å². The van der Waals surface area contributed by atoms with Crippen LogP contribution >= 0.6 is 15.9 Å². The van der Waals surface area contributed by atoms with Crippen molar-refractivity contribution < 1.29 is 9.59 Å². The maximum Gasteiger partial charge on any atom is 0.373 e. The maximum absolute atomic E-state index is 12.6. The van der Waals surface area contributed by atoms with Crippen molar-refractivity contribution in [2.75, 3.05) is 0 Å². The molecule has 0 saturated carbocycles. The minimum absolute atomic E-state index is 0.0693. The molecule has 23 heavy (non-hydrogen) atoms. The summed E-state index contributed by atoms with van der Waals surface area (Å²) < 4.78 is 2.43. The average molecular weight is 373 g/mol. The molecule has 3 aromatic rings. The lowest BCUT2D eigenvalue weighted by molar-refractivity contribution is -0.191. The SMILES string of the molecule is CC(c1ccccc1)n1ncc2ccc(Br)cc2c1=O.O=C=O. The summed E-state index contributed by atoms with van der Waals surface area (Å²) in [5.41, 5.74) is 0.997. The average Bonchev–Trinajstić information content (AvgIpc) is 2.57. The van der Waals surface area contributed by atoms with E-state index in [4.69, 9.17) is 9.59 Å². The fourth-order valence-corrected chi connectivity index (χ4v) is 2.64. The summed E-state index contributed by atoms with van der Waals surface area (Å²) in [5.74, 6) is 0. The largest absolute Gasteiger partial charge is 0.373 e. The second kappa shape index (κ2) is 7.63. The zero-order chi connectivity index (χ0) is 16.8. The van der Waals surface area contributed by atoms with Crippen molar-refractivity contribution in [2.45, 2.75) is 13.0 Å². The Hall–Kier alpha value is -2.56. The Morgan fingerprint density at radius 3 is 2.43 bits per heavy atom. The molecule has 6 heteroatoms. The number of hydrogen-bond acceptors (Lipinski definition) is 4. The van der Waals surface area contributed by atoms with Gasteiger partial charge in [-0.15, -0.1) is 0 Å². The molecule has 1 unspecified atom stereocenters. The molecule has 0 radical (unpaired) electrons. The summed E-state index contributed by atoms with van der Waals surface area (Å²) in [6.07, 6.45) is 1.99. The molecule has 0 amide bonds. The molecular formula is C17H13BrN2O3. The highest BCUT2D eigenvalue weighted by Gasteiger charge is 2.12. The van der Waals surface area contributed by atoms with E-state index in [1.165, 1.54) is 4.68 Å². The van der Waals surface area contributed by atoms with Crippen molar-refractivity contribution in [1.29, 1.82) is 0 Å². The second-order valence-corrected chi connectivity index (χ2v) is 5.71.